The van der Waals surface area contributed by atoms with E-state index in [1.54, 1.807) is 0 Å². The lowest BCUT2D eigenvalue weighted by Gasteiger charge is -2.23. The summed E-state index contributed by atoms with van der Waals surface area (Å²) in [7, 11) is 0. The summed E-state index contributed by atoms with van der Waals surface area (Å²) >= 11 is -1.74. The Morgan fingerprint density at radius 1 is 1.75 bits per heavy atom. The average Bonchev–Trinajstić information content (AvgIpc) is 1.57. The number of guanidine groups is 1. The van der Waals surface area contributed by atoms with Crippen molar-refractivity contribution in [3.05, 3.63) is 0 Å². The Bertz CT molecular complexity index is 137. The third kappa shape index (κ3) is 0.782. The summed E-state index contributed by atoms with van der Waals surface area (Å²) in [6, 6.07) is 0. The van der Waals surface area contributed by atoms with Crippen molar-refractivity contribution < 1.29 is 12.8 Å². The second-order valence-electron chi connectivity index (χ2n) is 0.996. The largest absolute Gasteiger partial charge is 0.366 e. The van der Waals surface area contributed by atoms with Gasteiger partial charge in [-0.15, -0.1) is 8.57 Å². The summed E-state index contributed by atoms with van der Waals surface area (Å²) in [5, 5.41) is 7.11. The molecule has 0 aliphatic carbocycles. The summed E-state index contributed by atoms with van der Waals surface area (Å²) in [4.78, 5) is 0. The van der Waals surface area contributed by atoms with Gasteiger partial charge < -0.3 is 5.73 Å². The third-order valence-electron chi connectivity index (χ3n) is 0.454. The van der Waals surface area contributed by atoms with Gasteiger partial charge in [0.25, 0.3) is 0 Å². The Hall–Kier alpha value is -0.660. The molecule has 0 spiro atoms. The minimum atomic E-state index is -1.74. The highest BCUT2D eigenvalue weighted by molar-refractivity contribution is 7.75. The quantitative estimate of drug-likeness (QED) is 0.318. The van der Waals surface area contributed by atoms with E-state index in [9.17, 15) is 4.21 Å². The molecule has 0 aromatic rings. The molecule has 1 fully saturated rings. The van der Waals surface area contributed by atoms with Gasteiger partial charge in [0, 0.05) is 0 Å². The summed E-state index contributed by atoms with van der Waals surface area (Å²) < 4.78 is 18.2. The molecule has 7 heteroatoms. The van der Waals surface area contributed by atoms with Crippen LogP contribution >= 0.6 is 0 Å². The molecule has 6 nitrogen and oxygen atoms in total. The number of hydrogen-bond donors (Lipinski definition) is 2. The highest BCUT2D eigenvalue weighted by atomic mass is 32.2. The van der Waals surface area contributed by atoms with Crippen LogP contribution in [-0.4, -0.2) is 15.4 Å². The summed E-state index contributed by atoms with van der Waals surface area (Å²) in [5.41, 5.74) is 4.78. The van der Waals surface area contributed by atoms with Crippen LogP contribution in [0.2, 0.25) is 0 Å². The highest BCUT2D eigenvalue weighted by Crippen LogP contribution is 2.09. The first-order valence-electron chi connectivity index (χ1n) is 1.63. The van der Waals surface area contributed by atoms with Crippen LogP contribution in [-0.2, 0) is 19.9 Å². The average molecular weight is 137 g/mol. The topological polar surface area (TPSA) is 88.6 Å². The molecular formula is CH3N3O3S. The first kappa shape index (κ1) is 5.48. The van der Waals surface area contributed by atoms with Crippen molar-refractivity contribution in [2.45, 2.75) is 0 Å². The Morgan fingerprint density at radius 3 is 2.38 bits per heavy atom. The molecule has 1 heterocycles. The molecule has 1 aliphatic rings. The second kappa shape index (κ2) is 1.69. The van der Waals surface area contributed by atoms with E-state index in [4.69, 9.17) is 11.1 Å². The van der Waals surface area contributed by atoms with Crippen LogP contribution < -0.4 is 5.73 Å². The van der Waals surface area contributed by atoms with Gasteiger partial charge in [0.15, 0.2) is 0 Å². The molecule has 0 unspecified atom stereocenters. The number of hydrogen-bond acceptors (Lipinski definition) is 4. The molecular weight excluding hydrogens is 134 g/mol. The van der Waals surface area contributed by atoms with Gasteiger partial charge in [-0.2, -0.15) is 4.21 Å². The van der Waals surface area contributed by atoms with Gasteiger partial charge in [-0.3, -0.25) is 5.41 Å². The molecule has 0 radical (unpaired) electrons. The van der Waals surface area contributed by atoms with E-state index in [-0.39, 0.29) is 0 Å². The lowest BCUT2D eigenvalue weighted by atomic mass is 11.1. The molecule has 1 saturated heterocycles. The molecule has 1 aliphatic heterocycles. The van der Waals surface area contributed by atoms with Gasteiger partial charge in [-0.1, -0.05) is 5.23 Å². The van der Waals surface area contributed by atoms with Crippen LogP contribution in [0.1, 0.15) is 0 Å². The van der Waals surface area contributed by atoms with E-state index in [2.05, 4.69) is 8.57 Å². The number of nitrogens with one attached hydrogen (secondary N) is 1. The molecule has 0 amide bonds. The maximum absolute atomic E-state index is 9.89. The number of rotatable bonds is 0. The standard InChI is InChI=1S/CH3N3O3S/c2-1(3)4-6-8(5)7-4/h(H3,2,3). The van der Waals surface area contributed by atoms with E-state index in [0.29, 0.717) is 5.23 Å². The smallest absolute Gasteiger partial charge is 0.355 e. The lowest BCUT2D eigenvalue weighted by Crippen LogP contribution is -2.45. The number of hydroxylamine groups is 2. The number of nitrogens with two attached hydrogens (primary N) is 1. The molecule has 1 rings (SSSR count). The zero-order valence-corrected chi connectivity index (χ0v) is 4.47. The molecule has 0 atom stereocenters. The first-order valence-corrected chi connectivity index (χ1v) is 2.63. The van der Waals surface area contributed by atoms with Gasteiger partial charge in [0.2, 0.25) is 5.96 Å². The van der Waals surface area contributed by atoms with Crippen molar-refractivity contribution in [3.63, 3.8) is 0 Å². The summed E-state index contributed by atoms with van der Waals surface area (Å²) in [6.07, 6.45) is 0. The molecule has 0 aromatic heterocycles. The van der Waals surface area contributed by atoms with Crippen molar-refractivity contribution in [1.29, 1.82) is 5.41 Å². The Morgan fingerprint density at radius 2 is 2.25 bits per heavy atom. The van der Waals surface area contributed by atoms with Crippen LogP contribution in [0, 0.1) is 5.41 Å². The molecule has 3 N–H and O–H groups in total. The molecule has 8 heavy (non-hydrogen) atoms. The van der Waals surface area contributed by atoms with Gasteiger partial charge in [0.05, 0.1) is 0 Å². The summed E-state index contributed by atoms with van der Waals surface area (Å²) in [6.45, 7) is 0. The van der Waals surface area contributed by atoms with Gasteiger partial charge >= 0.3 is 11.4 Å². The fourth-order valence-corrected chi connectivity index (χ4v) is 0.589. The van der Waals surface area contributed by atoms with E-state index < -0.39 is 17.3 Å². The zero-order chi connectivity index (χ0) is 6.15. The first-order chi connectivity index (χ1) is 3.70. The predicted octanol–water partition coefficient (Wildman–Crippen LogP) is -1.36. The SMILES string of the molecule is N=C(N)N1OS(=O)O1. The minimum absolute atomic E-state index is 0.426. The Kier molecular flexibility index (Phi) is 1.16. The van der Waals surface area contributed by atoms with Crippen LogP contribution in [0.25, 0.3) is 0 Å². The second-order valence-corrected chi connectivity index (χ2v) is 1.70. The maximum atomic E-state index is 9.89. The van der Waals surface area contributed by atoms with Gasteiger partial charge in [-0.05, 0) is 0 Å². The van der Waals surface area contributed by atoms with E-state index in [1.165, 1.54) is 0 Å². The molecule has 0 aromatic carbocycles. The monoisotopic (exact) mass is 137 g/mol. The predicted molar refractivity (Wildman–Crippen MR) is 24.1 cm³/mol. The van der Waals surface area contributed by atoms with Crippen LogP contribution in [0.4, 0.5) is 0 Å². The normalized spacial score (nSPS) is 20.2. The fourth-order valence-electron chi connectivity index (χ4n) is 0.196. The fraction of sp³-hybridized carbons (Fsp3) is 0. The van der Waals surface area contributed by atoms with Gasteiger partial charge in [0.1, 0.15) is 0 Å². The molecule has 0 bridgehead atoms. The summed E-state index contributed by atoms with van der Waals surface area (Å²) in [5.74, 6) is -0.426. The van der Waals surface area contributed by atoms with Crippen molar-refractivity contribution in [2.24, 2.45) is 5.73 Å². The van der Waals surface area contributed by atoms with Crippen molar-refractivity contribution >= 4 is 17.3 Å². The Labute approximate surface area is 47.4 Å². The van der Waals surface area contributed by atoms with Crippen molar-refractivity contribution in [2.75, 3.05) is 0 Å². The van der Waals surface area contributed by atoms with Crippen molar-refractivity contribution in [1.82, 2.24) is 5.23 Å². The van der Waals surface area contributed by atoms with Crippen LogP contribution in [0.15, 0.2) is 0 Å². The molecule has 46 valence electrons. The van der Waals surface area contributed by atoms with Crippen molar-refractivity contribution in [3.8, 4) is 0 Å². The number of nitrogens with zero attached hydrogens (tertiary/aromatic N) is 1. The zero-order valence-electron chi connectivity index (χ0n) is 3.66. The lowest BCUT2D eigenvalue weighted by molar-refractivity contribution is -0.257. The van der Waals surface area contributed by atoms with E-state index >= 15 is 0 Å². The third-order valence-corrected chi connectivity index (χ3v) is 0.968. The van der Waals surface area contributed by atoms with E-state index in [0.717, 1.165) is 0 Å². The minimum Gasteiger partial charge on any atom is -0.366 e. The molecule has 0 saturated carbocycles. The highest BCUT2D eigenvalue weighted by Gasteiger charge is 2.28. The van der Waals surface area contributed by atoms with Crippen LogP contribution in [0.3, 0.4) is 0 Å². The van der Waals surface area contributed by atoms with Crippen LogP contribution in [0.5, 0.6) is 0 Å². The Balaban J connectivity index is 2.35. The van der Waals surface area contributed by atoms with Gasteiger partial charge in [-0.25, -0.2) is 0 Å². The maximum Gasteiger partial charge on any atom is 0.355 e. The van der Waals surface area contributed by atoms with E-state index in [1.807, 2.05) is 0 Å².